The third-order valence-corrected chi connectivity index (χ3v) is 11.2. The van der Waals surface area contributed by atoms with Gasteiger partial charge in [-0.1, -0.05) is 0 Å². The van der Waals surface area contributed by atoms with Crippen LogP contribution < -0.4 is 26.8 Å². The summed E-state index contributed by atoms with van der Waals surface area (Å²) >= 11 is 2.81. The van der Waals surface area contributed by atoms with Crippen LogP contribution >= 0.6 is 15.9 Å². The number of nitrogens with zero attached hydrogens (tertiary/aromatic N) is 4. The van der Waals surface area contributed by atoms with Crippen molar-refractivity contribution in [3.63, 3.8) is 0 Å². The number of carbonyl (C=O) groups excluding carboxylic acids is 4. The maximum absolute atomic E-state index is 15.2. The number of carbonyl (C=O) groups is 4. The molecule has 0 saturated heterocycles. The summed E-state index contributed by atoms with van der Waals surface area (Å²) in [5.74, 6) is -12.4. The molecule has 27 heteroatoms. The monoisotopic (exact) mass is 1150 g/mol. The molecule has 0 aliphatic heterocycles. The van der Waals surface area contributed by atoms with Crippen LogP contribution in [0.5, 0.6) is 17.2 Å². The van der Waals surface area contributed by atoms with E-state index < -0.39 is 104 Å². The average Bonchev–Trinajstić information content (AvgIpc) is 3.99. The zero-order valence-electron chi connectivity index (χ0n) is 38.9. The quantitative estimate of drug-likeness (QED) is 0.0830. The van der Waals surface area contributed by atoms with Crippen molar-refractivity contribution in [1.29, 1.82) is 0 Å². The first kappa shape index (κ1) is 57.1. The Morgan fingerprint density at radius 3 is 1.45 bits per heavy atom. The summed E-state index contributed by atoms with van der Waals surface area (Å²) in [4.78, 5) is 47.6. The Hall–Kier alpha value is -9.14. The largest absolute Gasteiger partial charge is 0.507 e. The molecule has 0 spiro atoms. The summed E-state index contributed by atoms with van der Waals surface area (Å²) in [5.41, 5.74) is 4.66. The van der Waals surface area contributed by atoms with E-state index >= 15 is 4.39 Å². The highest BCUT2D eigenvalue weighted by molar-refractivity contribution is 9.10. The molecular formula is C50H33BrF12N8O6. The fourth-order valence-corrected chi connectivity index (χ4v) is 7.41. The number of phenolic OH excluding ortho intramolecular Hbond substituents is 1. The molecule has 0 unspecified atom stereocenters. The van der Waals surface area contributed by atoms with Gasteiger partial charge < -0.3 is 31.9 Å². The van der Waals surface area contributed by atoms with Crippen molar-refractivity contribution < 1.29 is 81.7 Å². The zero-order valence-corrected chi connectivity index (χ0v) is 40.5. The van der Waals surface area contributed by atoms with Gasteiger partial charge in [-0.3, -0.25) is 28.5 Å². The van der Waals surface area contributed by atoms with Crippen molar-refractivity contribution >= 4 is 50.9 Å². The topological polar surface area (TPSA) is 209 Å². The summed E-state index contributed by atoms with van der Waals surface area (Å²) in [6, 6.07) is 18.1. The molecule has 0 fully saturated rings. The number of ether oxygens (including phenoxy) is 1. The Bertz CT molecular complexity index is 3590. The number of primary amides is 2. The van der Waals surface area contributed by atoms with Crippen molar-refractivity contribution in [3.8, 4) is 39.8 Å². The smallest absolute Gasteiger partial charge is 0.419 e. The fraction of sp³-hybridized carbons (Fsp3) is 0.0800. The Morgan fingerprint density at radius 1 is 0.558 bits per heavy atom. The minimum atomic E-state index is -5.16. The van der Waals surface area contributed by atoms with Gasteiger partial charge in [0.1, 0.15) is 51.9 Å². The number of alkyl halides is 6. The molecule has 2 heterocycles. The molecule has 4 amide bonds. The van der Waals surface area contributed by atoms with E-state index in [0.29, 0.717) is 29.1 Å². The number of amides is 4. The van der Waals surface area contributed by atoms with E-state index in [0.717, 1.165) is 66.7 Å². The van der Waals surface area contributed by atoms with E-state index in [9.17, 15) is 72.6 Å². The lowest BCUT2D eigenvalue weighted by molar-refractivity contribution is -0.140. The van der Waals surface area contributed by atoms with E-state index in [1.54, 1.807) is 31.0 Å². The first-order valence-electron chi connectivity index (χ1n) is 21.3. The van der Waals surface area contributed by atoms with Crippen molar-refractivity contribution in [3.05, 3.63) is 194 Å². The van der Waals surface area contributed by atoms with Gasteiger partial charge in [-0.25, -0.2) is 26.3 Å². The number of hydrogen-bond donors (Lipinski definition) is 5. The number of aryl methyl sites for hydroxylation is 2. The first-order chi connectivity index (χ1) is 36.1. The van der Waals surface area contributed by atoms with Crippen LogP contribution in [0.25, 0.3) is 22.5 Å². The molecule has 400 valence electrons. The van der Waals surface area contributed by atoms with Crippen molar-refractivity contribution in [2.75, 3.05) is 10.6 Å². The van der Waals surface area contributed by atoms with E-state index in [4.69, 9.17) is 16.2 Å². The first-order valence-corrected chi connectivity index (χ1v) is 22.1. The van der Waals surface area contributed by atoms with Gasteiger partial charge in [0.05, 0.1) is 39.2 Å². The Morgan fingerprint density at radius 2 is 0.987 bits per heavy atom. The molecule has 8 rings (SSSR count). The second-order valence-electron chi connectivity index (χ2n) is 15.7. The maximum Gasteiger partial charge on any atom is 0.419 e. The molecule has 8 aromatic rings. The molecule has 0 atom stereocenters. The van der Waals surface area contributed by atoms with Crippen molar-refractivity contribution in [2.24, 2.45) is 25.6 Å². The number of phenols is 1. The highest BCUT2D eigenvalue weighted by Gasteiger charge is 2.39. The standard InChI is InChI=1S/C25H16F6N4O3.C15H8BrF5N2O2.C10H9FN2O/c1-35-18(8-9-33-35)15-10-12(26)2-6-19(15)38-20-7-4-16(25(29,30)31)22(28)21(20)24(37)34-13-3-5-17(27)14(11-13)23(32)36;16-9-3-2-8(15(19,20)21)12(18)11(9)14(25)23-6-1-4-10(17)7(5-6)13(22)24;1-13-9(4-5-12-13)8-6-7(11)2-3-10(8)14/h2-11H,1H3,(H2,32,36)(H,34,37);1-5H,(H2,22,24)(H,23,25);2-6,14H,1H3. The Balaban J connectivity index is 0.000000210. The van der Waals surface area contributed by atoms with Gasteiger partial charge in [0.15, 0.2) is 5.82 Å². The average molecular weight is 1150 g/mol. The summed E-state index contributed by atoms with van der Waals surface area (Å²) in [6.07, 6.45) is -7.15. The number of nitrogens with one attached hydrogen (secondary N) is 2. The van der Waals surface area contributed by atoms with Gasteiger partial charge >= 0.3 is 12.4 Å². The molecule has 14 nitrogen and oxygen atoms in total. The lowest BCUT2D eigenvalue weighted by atomic mass is 10.1. The Labute approximate surface area is 433 Å². The van der Waals surface area contributed by atoms with Gasteiger partial charge in [0, 0.05) is 53.5 Å². The van der Waals surface area contributed by atoms with Crippen molar-refractivity contribution in [2.45, 2.75) is 12.4 Å². The lowest BCUT2D eigenvalue weighted by Gasteiger charge is -2.18. The summed E-state index contributed by atoms with van der Waals surface area (Å²) in [6.45, 7) is 0. The number of aromatic nitrogens is 4. The third kappa shape index (κ3) is 13.4. The van der Waals surface area contributed by atoms with Crippen LogP contribution in [0.15, 0.2) is 126 Å². The number of hydrogen-bond acceptors (Lipinski definition) is 8. The third-order valence-electron chi connectivity index (χ3n) is 10.6. The number of anilines is 2. The minimum absolute atomic E-state index is 0.0509. The number of nitrogens with two attached hydrogens (primary N) is 2. The molecular weight excluding hydrogens is 1120 g/mol. The lowest BCUT2D eigenvalue weighted by Crippen LogP contribution is -2.19. The molecule has 0 aliphatic rings. The highest BCUT2D eigenvalue weighted by atomic mass is 79.9. The molecule has 0 aliphatic carbocycles. The highest BCUT2D eigenvalue weighted by Crippen LogP contribution is 2.41. The molecule has 0 saturated carbocycles. The van der Waals surface area contributed by atoms with E-state index in [1.165, 1.54) is 35.1 Å². The number of benzene rings is 6. The molecule has 0 bridgehead atoms. The van der Waals surface area contributed by atoms with Crippen LogP contribution in [0.2, 0.25) is 0 Å². The normalized spacial score (nSPS) is 11.2. The van der Waals surface area contributed by atoms with Gasteiger partial charge in [0.2, 0.25) is 0 Å². The molecule has 6 aromatic carbocycles. The summed E-state index contributed by atoms with van der Waals surface area (Å²) < 4.78 is 170. The van der Waals surface area contributed by atoms with E-state index in [2.05, 4.69) is 36.8 Å². The second kappa shape index (κ2) is 23.2. The van der Waals surface area contributed by atoms with Gasteiger partial charge in [-0.2, -0.15) is 36.5 Å². The van der Waals surface area contributed by atoms with Crippen LogP contribution in [0.4, 0.5) is 64.1 Å². The number of halogens is 13. The van der Waals surface area contributed by atoms with Crippen LogP contribution in [0, 0.1) is 34.9 Å². The molecule has 0 radical (unpaired) electrons. The summed E-state index contributed by atoms with van der Waals surface area (Å²) in [5, 5.41) is 21.6. The van der Waals surface area contributed by atoms with Gasteiger partial charge in [0.25, 0.3) is 23.6 Å². The van der Waals surface area contributed by atoms with Crippen LogP contribution in [-0.2, 0) is 26.4 Å². The van der Waals surface area contributed by atoms with Crippen LogP contribution in [0.1, 0.15) is 52.6 Å². The van der Waals surface area contributed by atoms with E-state index in [-0.39, 0.29) is 38.7 Å². The molecule has 7 N–H and O–H groups in total. The Kier molecular flexibility index (Phi) is 17.2. The number of rotatable bonds is 10. The minimum Gasteiger partial charge on any atom is -0.507 e. The zero-order chi connectivity index (χ0) is 56.8. The predicted molar refractivity (Wildman–Crippen MR) is 255 cm³/mol. The molecule has 2 aromatic heterocycles. The SMILES string of the molecule is Cn1nccc1-c1cc(F)ccc1O.Cn1nccc1-c1cc(F)ccc1Oc1ccc(C(F)(F)F)c(F)c1C(=O)Nc1ccc(F)c(C(N)=O)c1.NC(=O)c1cc(NC(=O)c2c(Br)ccc(C(F)(F)F)c2F)ccc1F. The van der Waals surface area contributed by atoms with E-state index in [1.807, 2.05) is 0 Å². The van der Waals surface area contributed by atoms with Crippen LogP contribution in [-0.4, -0.2) is 48.3 Å². The van der Waals surface area contributed by atoms with Crippen LogP contribution in [0.3, 0.4) is 0 Å². The predicted octanol–water partition coefficient (Wildman–Crippen LogP) is 11.7. The van der Waals surface area contributed by atoms with Crippen molar-refractivity contribution in [1.82, 2.24) is 19.6 Å². The molecule has 77 heavy (non-hydrogen) atoms. The van der Waals surface area contributed by atoms with Gasteiger partial charge in [-0.15, -0.1) is 0 Å². The fourth-order valence-electron chi connectivity index (χ4n) is 6.92. The maximum atomic E-state index is 15.2. The second-order valence-corrected chi connectivity index (χ2v) is 16.5. The van der Waals surface area contributed by atoms with Gasteiger partial charge in [-0.05, 0) is 125 Å². The summed E-state index contributed by atoms with van der Waals surface area (Å²) in [7, 11) is 3.28. The number of aromatic hydroxyl groups is 1.